The zero-order chi connectivity index (χ0) is 19.5. The molecule has 3 aromatic rings. The van der Waals surface area contributed by atoms with Crippen LogP contribution < -0.4 is 4.90 Å². The van der Waals surface area contributed by atoms with Crippen LogP contribution in [0.15, 0.2) is 46.9 Å². The van der Waals surface area contributed by atoms with Crippen LogP contribution in [-0.4, -0.2) is 55.2 Å². The molecule has 146 valence electrons. The number of anilines is 1. The molecule has 1 amide bonds. The number of para-hydroxylation sites is 1. The van der Waals surface area contributed by atoms with E-state index in [1.165, 1.54) is 11.3 Å². The van der Waals surface area contributed by atoms with E-state index in [0.717, 1.165) is 47.5 Å². The van der Waals surface area contributed by atoms with E-state index in [9.17, 15) is 4.79 Å². The van der Waals surface area contributed by atoms with E-state index in [1.807, 2.05) is 42.5 Å². The summed E-state index contributed by atoms with van der Waals surface area (Å²) in [6, 6.07) is 13.1. The second-order valence-corrected chi connectivity index (χ2v) is 8.83. The van der Waals surface area contributed by atoms with Crippen LogP contribution in [0.5, 0.6) is 0 Å². The van der Waals surface area contributed by atoms with Crippen LogP contribution in [0.1, 0.15) is 10.4 Å². The van der Waals surface area contributed by atoms with Gasteiger partial charge >= 0.3 is 0 Å². The van der Waals surface area contributed by atoms with Gasteiger partial charge in [-0.1, -0.05) is 44.9 Å². The Morgan fingerprint density at radius 3 is 2.68 bits per heavy atom. The predicted octanol–water partition coefficient (Wildman–Crippen LogP) is 4.69. The second kappa shape index (κ2) is 8.88. The van der Waals surface area contributed by atoms with Gasteiger partial charge in [-0.05, 0) is 36.4 Å². The summed E-state index contributed by atoms with van der Waals surface area (Å²) in [7, 11) is 0. The maximum Gasteiger partial charge on any atom is 0.260 e. The van der Waals surface area contributed by atoms with E-state index >= 15 is 0 Å². The minimum absolute atomic E-state index is 0.0593. The third kappa shape index (κ3) is 4.39. The molecule has 8 heteroatoms. The number of halogens is 2. The summed E-state index contributed by atoms with van der Waals surface area (Å²) in [5.41, 5.74) is 1.37. The minimum atomic E-state index is -0.0593. The highest BCUT2D eigenvalue weighted by atomic mass is 79.9. The molecule has 0 unspecified atom stereocenters. The number of benzene rings is 2. The van der Waals surface area contributed by atoms with Gasteiger partial charge in [0, 0.05) is 36.2 Å². The number of fused-ring (bicyclic) bond motifs is 1. The molecule has 28 heavy (non-hydrogen) atoms. The molecule has 1 aliphatic heterocycles. The van der Waals surface area contributed by atoms with Gasteiger partial charge < -0.3 is 4.74 Å². The summed E-state index contributed by atoms with van der Waals surface area (Å²) in [6.07, 6.45) is 0. The van der Waals surface area contributed by atoms with Gasteiger partial charge in [0.05, 0.1) is 22.9 Å². The minimum Gasteiger partial charge on any atom is -0.379 e. The van der Waals surface area contributed by atoms with Gasteiger partial charge in [-0.2, -0.15) is 0 Å². The van der Waals surface area contributed by atoms with E-state index in [-0.39, 0.29) is 5.91 Å². The van der Waals surface area contributed by atoms with Crippen LogP contribution in [0, 0.1) is 0 Å². The Kier molecular flexibility index (Phi) is 6.28. The van der Waals surface area contributed by atoms with Crippen molar-refractivity contribution < 1.29 is 9.53 Å². The summed E-state index contributed by atoms with van der Waals surface area (Å²) >= 11 is 11.2. The number of carbonyl (C=O) groups excluding carboxylic acids is 1. The van der Waals surface area contributed by atoms with Crippen molar-refractivity contribution in [3.63, 3.8) is 0 Å². The molecule has 1 aliphatic rings. The Hall–Kier alpha value is -1.51. The maximum atomic E-state index is 13.3. The molecular formula is C20H19BrClN3O2S. The predicted molar refractivity (Wildman–Crippen MR) is 118 cm³/mol. The van der Waals surface area contributed by atoms with Crippen LogP contribution in [0.4, 0.5) is 5.13 Å². The molecular weight excluding hydrogens is 462 g/mol. The Morgan fingerprint density at radius 1 is 1.21 bits per heavy atom. The molecule has 0 saturated carbocycles. The summed E-state index contributed by atoms with van der Waals surface area (Å²) in [5, 5.41) is 1.27. The molecule has 2 aromatic carbocycles. The molecule has 0 radical (unpaired) electrons. The number of carbonyl (C=O) groups is 1. The van der Waals surface area contributed by atoms with Crippen molar-refractivity contribution in [2.24, 2.45) is 0 Å². The number of amides is 1. The number of aromatic nitrogens is 1. The van der Waals surface area contributed by atoms with Crippen molar-refractivity contribution in [3.8, 4) is 0 Å². The number of ether oxygens (including phenoxy) is 1. The second-order valence-electron chi connectivity index (χ2n) is 6.50. The van der Waals surface area contributed by atoms with Crippen LogP contribution in [0.25, 0.3) is 10.2 Å². The molecule has 1 saturated heterocycles. The topological polar surface area (TPSA) is 45.7 Å². The number of thiazole rings is 1. The van der Waals surface area contributed by atoms with Gasteiger partial charge in [-0.25, -0.2) is 4.98 Å². The molecule has 4 rings (SSSR count). The van der Waals surface area contributed by atoms with Crippen molar-refractivity contribution in [3.05, 3.63) is 57.5 Å². The van der Waals surface area contributed by atoms with Crippen molar-refractivity contribution in [1.82, 2.24) is 9.88 Å². The van der Waals surface area contributed by atoms with Crippen LogP contribution in [0.2, 0.25) is 5.02 Å². The first-order chi connectivity index (χ1) is 13.6. The van der Waals surface area contributed by atoms with E-state index in [1.54, 1.807) is 4.90 Å². The number of hydrogen-bond acceptors (Lipinski definition) is 5. The molecule has 1 aromatic heterocycles. The number of hydrogen-bond donors (Lipinski definition) is 0. The van der Waals surface area contributed by atoms with Crippen LogP contribution in [-0.2, 0) is 4.74 Å². The number of nitrogens with zero attached hydrogens (tertiary/aromatic N) is 3. The summed E-state index contributed by atoms with van der Waals surface area (Å²) in [4.78, 5) is 22.0. The lowest BCUT2D eigenvalue weighted by Crippen LogP contribution is -2.43. The van der Waals surface area contributed by atoms with Crippen molar-refractivity contribution in [1.29, 1.82) is 0 Å². The average Bonchev–Trinajstić information content (AvgIpc) is 3.15. The van der Waals surface area contributed by atoms with Gasteiger partial charge in [0.25, 0.3) is 5.91 Å². The lowest BCUT2D eigenvalue weighted by molar-refractivity contribution is 0.0391. The molecule has 0 bridgehead atoms. The molecule has 0 N–H and O–H groups in total. The molecule has 0 atom stereocenters. The Labute approximate surface area is 181 Å². The lowest BCUT2D eigenvalue weighted by Gasteiger charge is -2.29. The largest absolute Gasteiger partial charge is 0.379 e. The quantitative estimate of drug-likeness (QED) is 0.531. The SMILES string of the molecule is O=C(c1ccc(Br)cc1)N(CCN1CCOCC1)c1nc2c(Cl)cccc2s1. The smallest absolute Gasteiger partial charge is 0.260 e. The van der Waals surface area contributed by atoms with Crippen molar-refractivity contribution in [2.45, 2.75) is 0 Å². The first-order valence-electron chi connectivity index (χ1n) is 9.04. The highest BCUT2D eigenvalue weighted by molar-refractivity contribution is 9.10. The van der Waals surface area contributed by atoms with Gasteiger partial charge in [0.1, 0.15) is 5.52 Å². The van der Waals surface area contributed by atoms with Gasteiger partial charge in [-0.3, -0.25) is 14.6 Å². The Morgan fingerprint density at radius 2 is 1.96 bits per heavy atom. The fraction of sp³-hybridized carbons (Fsp3) is 0.300. The first kappa shape index (κ1) is 19.8. The lowest BCUT2D eigenvalue weighted by atomic mass is 10.2. The van der Waals surface area contributed by atoms with Crippen molar-refractivity contribution >= 4 is 60.1 Å². The van der Waals surface area contributed by atoms with Gasteiger partial charge in [0.2, 0.25) is 0 Å². The Bertz CT molecular complexity index is 973. The normalized spacial score (nSPS) is 15.1. The van der Waals surface area contributed by atoms with Crippen molar-refractivity contribution in [2.75, 3.05) is 44.3 Å². The van der Waals surface area contributed by atoms with Gasteiger partial charge in [0.15, 0.2) is 5.13 Å². The standard InChI is InChI=1S/C20H19BrClN3O2S/c21-15-6-4-14(5-7-15)19(26)25(9-8-24-10-12-27-13-11-24)20-23-18-16(22)2-1-3-17(18)28-20/h1-7H,8-13H2. The summed E-state index contributed by atoms with van der Waals surface area (Å²) < 4.78 is 7.34. The molecule has 1 fully saturated rings. The zero-order valence-electron chi connectivity index (χ0n) is 15.1. The number of rotatable bonds is 5. The molecule has 2 heterocycles. The van der Waals surface area contributed by atoms with E-state index < -0.39 is 0 Å². The summed E-state index contributed by atoms with van der Waals surface area (Å²) in [5.74, 6) is -0.0593. The monoisotopic (exact) mass is 479 g/mol. The maximum absolute atomic E-state index is 13.3. The molecule has 0 spiro atoms. The highest BCUT2D eigenvalue weighted by Gasteiger charge is 2.23. The fourth-order valence-corrected chi connectivity index (χ4v) is 4.67. The zero-order valence-corrected chi connectivity index (χ0v) is 18.3. The van der Waals surface area contributed by atoms with E-state index in [2.05, 4.69) is 25.8 Å². The van der Waals surface area contributed by atoms with E-state index in [0.29, 0.717) is 22.3 Å². The third-order valence-corrected chi connectivity index (χ3v) is 6.55. The first-order valence-corrected chi connectivity index (χ1v) is 11.0. The Balaban J connectivity index is 1.64. The fourth-order valence-electron chi connectivity index (χ4n) is 3.12. The highest BCUT2D eigenvalue weighted by Crippen LogP contribution is 2.33. The molecule has 0 aliphatic carbocycles. The molecule has 5 nitrogen and oxygen atoms in total. The van der Waals surface area contributed by atoms with Crippen LogP contribution >= 0.6 is 38.9 Å². The van der Waals surface area contributed by atoms with Gasteiger partial charge in [-0.15, -0.1) is 0 Å². The summed E-state index contributed by atoms with van der Waals surface area (Å²) in [6.45, 7) is 4.56. The third-order valence-electron chi connectivity index (χ3n) is 4.67. The average molecular weight is 481 g/mol. The number of morpholine rings is 1. The van der Waals surface area contributed by atoms with Crippen LogP contribution in [0.3, 0.4) is 0 Å². The van der Waals surface area contributed by atoms with E-state index in [4.69, 9.17) is 16.3 Å².